The quantitative estimate of drug-likeness (QED) is 0.453. The molecule has 3 amide bonds. The molecule has 0 aromatic carbocycles. The first-order valence-electron chi connectivity index (χ1n) is 11.7. The normalized spacial score (nSPS) is 20.4. The topological polar surface area (TPSA) is 102 Å². The Morgan fingerprint density at radius 3 is 2.79 bits per heavy atom. The molecule has 8 nitrogen and oxygen atoms in total. The monoisotopic (exact) mass is 492 g/mol. The molecule has 2 atom stereocenters. The minimum Gasteiger partial charge on any atom is -0.383 e. The van der Waals surface area contributed by atoms with Gasteiger partial charge >= 0.3 is 6.03 Å². The van der Waals surface area contributed by atoms with Gasteiger partial charge in [0.15, 0.2) is 5.16 Å². The highest BCUT2D eigenvalue weighted by Crippen LogP contribution is 2.34. The lowest BCUT2D eigenvalue weighted by Gasteiger charge is -2.29. The molecule has 10 heteroatoms. The van der Waals surface area contributed by atoms with Gasteiger partial charge in [0.05, 0.1) is 24.3 Å². The third kappa shape index (κ3) is 5.60. The van der Waals surface area contributed by atoms with Crippen LogP contribution in [0, 0.1) is 5.92 Å². The van der Waals surface area contributed by atoms with Crippen molar-refractivity contribution in [1.29, 1.82) is 0 Å². The molecule has 1 fully saturated rings. The summed E-state index contributed by atoms with van der Waals surface area (Å²) in [4.78, 5) is 44.9. The van der Waals surface area contributed by atoms with E-state index in [1.54, 1.807) is 23.0 Å². The number of amides is 3. The van der Waals surface area contributed by atoms with E-state index in [1.807, 2.05) is 0 Å². The van der Waals surface area contributed by atoms with E-state index in [1.165, 1.54) is 23.1 Å². The predicted octanol–water partition coefficient (Wildman–Crippen LogP) is 3.48. The van der Waals surface area contributed by atoms with E-state index in [-0.39, 0.29) is 17.4 Å². The number of carbonyl (C=O) groups is 2. The first kappa shape index (κ1) is 24.2. The molecule has 0 spiro atoms. The van der Waals surface area contributed by atoms with E-state index in [4.69, 9.17) is 9.72 Å². The third-order valence-electron chi connectivity index (χ3n) is 6.57. The van der Waals surface area contributed by atoms with E-state index in [0.29, 0.717) is 24.2 Å². The van der Waals surface area contributed by atoms with Crippen molar-refractivity contribution in [1.82, 2.24) is 20.2 Å². The molecule has 2 aliphatic rings. The highest BCUT2D eigenvalue weighted by molar-refractivity contribution is 7.99. The van der Waals surface area contributed by atoms with Crippen LogP contribution in [0.5, 0.6) is 0 Å². The van der Waals surface area contributed by atoms with Gasteiger partial charge in [0.2, 0.25) is 5.91 Å². The fourth-order valence-electron chi connectivity index (χ4n) is 4.74. The van der Waals surface area contributed by atoms with Crippen LogP contribution in [0.1, 0.15) is 55.9 Å². The largest absolute Gasteiger partial charge is 0.383 e. The minimum absolute atomic E-state index is 0.00363. The summed E-state index contributed by atoms with van der Waals surface area (Å²) in [5.41, 5.74) is 1.08. The molecule has 33 heavy (non-hydrogen) atoms. The summed E-state index contributed by atoms with van der Waals surface area (Å²) in [6, 6.07) is -0.349. The SMILES string of the molecule is COCCn1c(SCC(=O)NC(=O)NC2CCCCC2C)nc2sc3c(c2c1=O)CCCC3. The molecule has 2 aromatic heterocycles. The van der Waals surface area contributed by atoms with Crippen molar-refractivity contribution in [2.75, 3.05) is 19.5 Å². The van der Waals surface area contributed by atoms with Gasteiger partial charge in [0, 0.05) is 18.0 Å². The van der Waals surface area contributed by atoms with Crippen molar-refractivity contribution in [2.45, 2.75) is 76.0 Å². The van der Waals surface area contributed by atoms with Crippen LogP contribution in [-0.2, 0) is 28.9 Å². The Labute approximate surface area is 201 Å². The lowest BCUT2D eigenvalue weighted by atomic mass is 9.86. The number of carbonyl (C=O) groups excluding carboxylic acids is 2. The number of methoxy groups -OCH3 is 1. The second-order valence-electron chi connectivity index (χ2n) is 8.91. The molecule has 2 unspecified atom stereocenters. The van der Waals surface area contributed by atoms with Gasteiger partial charge in [0.1, 0.15) is 4.83 Å². The lowest BCUT2D eigenvalue weighted by Crippen LogP contribution is -2.48. The van der Waals surface area contributed by atoms with E-state index < -0.39 is 11.9 Å². The summed E-state index contributed by atoms with van der Waals surface area (Å²) in [5, 5.41) is 6.57. The van der Waals surface area contributed by atoms with Crippen molar-refractivity contribution in [2.24, 2.45) is 5.92 Å². The van der Waals surface area contributed by atoms with Crippen LogP contribution in [0.2, 0.25) is 0 Å². The van der Waals surface area contributed by atoms with Gasteiger partial charge in [-0.3, -0.25) is 19.5 Å². The van der Waals surface area contributed by atoms with Crippen LogP contribution < -0.4 is 16.2 Å². The average Bonchev–Trinajstić information content (AvgIpc) is 3.17. The molecule has 4 rings (SSSR count). The van der Waals surface area contributed by atoms with Crippen molar-refractivity contribution in [3.63, 3.8) is 0 Å². The molecule has 0 radical (unpaired) electrons. The maximum absolute atomic E-state index is 13.4. The van der Waals surface area contributed by atoms with Crippen molar-refractivity contribution < 1.29 is 14.3 Å². The van der Waals surface area contributed by atoms with Crippen molar-refractivity contribution >= 4 is 45.3 Å². The van der Waals surface area contributed by atoms with Crippen LogP contribution in [0.15, 0.2) is 9.95 Å². The first-order valence-corrected chi connectivity index (χ1v) is 13.5. The Hall–Kier alpha value is -1.91. The second kappa shape index (κ2) is 11.0. The second-order valence-corrected chi connectivity index (χ2v) is 10.9. The summed E-state index contributed by atoms with van der Waals surface area (Å²) in [6.07, 6.45) is 8.46. The van der Waals surface area contributed by atoms with E-state index in [2.05, 4.69) is 17.6 Å². The number of thiophene rings is 1. The number of hydrogen-bond acceptors (Lipinski definition) is 7. The zero-order chi connectivity index (χ0) is 23.4. The molecule has 0 bridgehead atoms. The number of ether oxygens (including phenoxy) is 1. The van der Waals surface area contributed by atoms with Crippen LogP contribution in [0.3, 0.4) is 0 Å². The zero-order valence-electron chi connectivity index (χ0n) is 19.3. The molecule has 0 aliphatic heterocycles. The smallest absolute Gasteiger partial charge is 0.321 e. The van der Waals surface area contributed by atoms with Gasteiger partial charge in [-0.2, -0.15) is 0 Å². The Morgan fingerprint density at radius 1 is 1.21 bits per heavy atom. The van der Waals surface area contributed by atoms with Crippen molar-refractivity contribution in [3.05, 3.63) is 20.8 Å². The van der Waals surface area contributed by atoms with Crippen LogP contribution in [0.4, 0.5) is 4.79 Å². The number of fused-ring (bicyclic) bond motifs is 3. The number of thioether (sulfide) groups is 1. The predicted molar refractivity (Wildman–Crippen MR) is 131 cm³/mol. The Balaban J connectivity index is 1.46. The number of aromatic nitrogens is 2. The van der Waals surface area contributed by atoms with E-state index >= 15 is 0 Å². The summed E-state index contributed by atoms with van der Waals surface area (Å²) < 4.78 is 6.80. The maximum Gasteiger partial charge on any atom is 0.321 e. The molecule has 1 saturated carbocycles. The Kier molecular flexibility index (Phi) is 8.08. The highest BCUT2D eigenvalue weighted by Gasteiger charge is 2.25. The third-order valence-corrected chi connectivity index (χ3v) is 8.73. The Bertz CT molecular complexity index is 1080. The van der Waals surface area contributed by atoms with Crippen LogP contribution in [-0.4, -0.2) is 47.0 Å². The molecule has 0 saturated heterocycles. The number of hydrogen-bond donors (Lipinski definition) is 2. The van der Waals surface area contributed by atoms with Gasteiger partial charge in [-0.05, 0) is 50.0 Å². The molecular weight excluding hydrogens is 460 g/mol. The van der Waals surface area contributed by atoms with E-state index in [0.717, 1.165) is 60.7 Å². The van der Waals surface area contributed by atoms with Gasteiger partial charge in [-0.25, -0.2) is 9.78 Å². The number of urea groups is 1. The molecule has 2 aliphatic carbocycles. The summed E-state index contributed by atoms with van der Waals surface area (Å²) in [5.74, 6) is 0.0136. The lowest BCUT2D eigenvalue weighted by molar-refractivity contribution is -0.117. The number of rotatable bonds is 7. The maximum atomic E-state index is 13.4. The minimum atomic E-state index is -0.453. The number of nitrogens with one attached hydrogen (secondary N) is 2. The average molecular weight is 493 g/mol. The van der Waals surface area contributed by atoms with Crippen LogP contribution in [0.25, 0.3) is 10.2 Å². The molecule has 2 aromatic rings. The van der Waals surface area contributed by atoms with Gasteiger partial charge < -0.3 is 10.1 Å². The Morgan fingerprint density at radius 2 is 2.00 bits per heavy atom. The number of nitrogens with zero attached hydrogens (tertiary/aromatic N) is 2. The molecule has 180 valence electrons. The summed E-state index contributed by atoms with van der Waals surface area (Å²) in [7, 11) is 1.59. The number of imide groups is 1. The molecule has 2 heterocycles. The highest BCUT2D eigenvalue weighted by atomic mass is 32.2. The van der Waals surface area contributed by atoms with Crippen LogP contribution >= 0.6 is 23.1 Å². The van der Waals surface area contributed by atoms with Gasteiger partial charge in [-0.1, -0.05) is 31.5 Å². The standard InChI is InChI=1S/C23H32N4O4S2/c1-14-7-3-5-9-16(14)24-22(30)25-18(28)13-32-23-26-20-19(21(29)27(23)11-12-31-2)15-8-4-6-10-17(15)33-20/h14,16H,3-13H2,1-2H3,(H2,24,25,28,30). The fourth-order valence-corrected chi connectivity index (χ4v) is 6.87. The fraction of sp³-hybridized carbons (Fsp3) is 0.652. The van der Waals surface area contributed by atoms with E-state index in [9.17, 15) is 14.4 Å². The number of aryl methyl sites for hydroxylation is 2. The summed E-state index contributed by atoms with van der Waals surface area (Å²) in [6.45, 7) is 2.87. The molecular formula is C23H32N4O4S2. The molecule has 2 N–H and O–H groups in total. The first-order chi connectivity index (χ1) is 16.0. The van der Waals surface area contributed by atoms with Gasteiger partial charge in [0.25, 0.3) is 5.56 Å². The van der Waals surface area contributed by atoms with Crippen molar-refractivity contribution in [3.8, 4) is 0 Å². The van der Waals surface area contributed by atoms with Gasteiger partial charge in [-0.15, -0.1) is 11.3 Å². The zero-order valence-corrected chi connectivity index (χ0v) is 20.9. The summed E-state index contributed by atoms with van der Waals surface area (Å²) >= 11 is 2.77.